The summed E-state index contributed by atoms with van der Waals surface area (Å²) in [4.78, 5) is 23.3. The number of thiazole rings is 1. The number of amides is 1. The van der Waals surface area contributed by atoms with Crippen molar-refractivity contribution in [3.8, 4) is 21.0 Å². The Morgan fingerprint density at radius 3 is 2.44 bits per heavy atom. The molecule has 8 heteroatoms. The molecule has 0 radical (unpaired) electrons. The summed E-state index contributed by atoms with van der Waals surface area (Å²) in [6.45, 7) is 6.90. The van der Waals surface area contributed by atoms with Crippen LogP contribution in [0, 0.1) is 0 Å². The number of rotatable bonds is 9. The molecule has 0 aliphatic heterocycles. The van der Waals surface area contributed by atoms with Crippen LogP contribution in [-0.2, 0) is 17.8 Å². The third-order valence-electron chi connectivity index (χ3n) is 5.31. The van der Waals surface area contributed by atoms with Gasteiger partial charge in [-0.2, -0.15) is 0 Å². The first-order valence-corrected chi connectivity index (χ1v) is 13.4. The molecule has 0 atom stereocenters. The lowest BCUT2D eigenvalue weighted by molar-refractivity contribution is -0.120. The van der Waals surface area contributed by atoms with E-state index in [0.29, 0.717) is 13.0 Å². The lowest BCUT2D eigenvalue weighted by atomic mass is 10.1. The average molecular weight is 518 g/mol. The fraction of sp³-hybridized carbons (Fsp3) is 0.250. The third kappa shape index (κ3) is 7.16. The van der Waals surface area contributed by atoms with Crippen LogP contribution in [0.3, 0.4) is 0 Å². The molecule has 2 aromatic heterocycles. The normalized spacial score (nSPS) is 11.3. The molecule has 0 aliphatic carbocycles. The predicted octanol–water partition coefficient (Wildman–Crippen LogP) is 6.17. The maximum Gasteiger partial charge on any atom is 0.224 e. The van der Waals surface area contributed by atoms with Crippen molar-refractivity contribution < 1.29 is 4.79 Å². The minimum Gasteiger partial charge on any atom is -0.388 e. The number of pyridine rings is 1. The highest BCUT2D eigenvalue weighted by Crippen LogP contribution is 2.38. The van der Waals surface area contributed by atoms with Gasteiger partial charge in [0.05, 0.1) is 11.3 Å². The number of nitrogens with zero attached hydrogens (tertiary/aromatic N) is 2. The molecule has 36 heavy (non-hydrogen) atoms. The molecule has 0 unspecified atom stereocenters. The van der Waals surface area contributed by atoms with Crippen molar-refractivity contribution in [1.29, 1.82) is 0 Å². The van der Waals surface area contributed by atoms with E-state index in [2.05, 4.69) is 83.6 Å². The zero-order valence-corrected chi connectivity index (χ0v) is 22.6. The summed E-state index contributed by atoms with van der Waals surface area (Å²) >= 11 is 3.29. The van der Waals surface area contributed by atoms with E-state index in [9.17, 15) is 4.79 Å². The number of hydrogen-bond acceptors (Lipinski definition) is 7. The lowest BCUT2D eigenvalue weighted by Gasteiger charge is -2.21. The summed E-state index contributed by atoms with van der Waals surface area (Å²) in [5, 5.41) is 7.17. The van der Waals surface area contributed by atoms with Gasteiger partial charge in [-0.05, 0) is 86.3 Å². The summed E-state index contributed by atoms with van der Waals surface area (Å²) < 4.78 is 3.52. The zero-order chi connectivity index (χ0) is 25.5. The van der Waals surface area contributed by atoms with E-state index >= 15 is 0 Å². The molecule has 0 bridgehead atoms. The largest absolute Gasteiger partial charge is 0.388 e. The van der Waals surface area contributed by atoms with Crippen LogP contribution in [0.1, 0.15) is 31.9 Å². The van der Waals surface area contributed by atoms with Crippen LogP contribution >= 0.6 is 23.3 Å². The molecular weight excluding hydrogens is 486 g/mol. The van der Waals surface area contributed by atoms with E-state index < -0.39 is 0 Å². The minimum atomic E-state index is -0.0510. The van der Waals surface area contributed by atoms with E-state index in [1.54, 1.807) is 35.7 Å². The van der Waals surface area contributed by atoms with Crippen molar-refractivity contribution in [3.05, 3.63) is 84.3 Å². The van der Waals surface area contributed by atoms with Crippen LogP contribution in [0.5, 0.6) is 0 Å². The van der Waals surface area contributed by atoms with Gasteiger partial charge in [0.2, 0.25) is 5.91 Å². The monoisotopic (exact) mass is 517 g/mol. The van der Waals surface area contributed by atoms with Gasteiger partial charge < -0.3 is 10.6 Å². The van der Waals surface area contributed by atoms with Gasteiger partial charge in [0.25, 0.3) is 0 Å². The highest BCUT2D eigenvalue weighted by Gasteiger charge is 2.16. The second-order valence-corrected chi connectivity index (χ2v) is 11.3. The third-order valence-corrected chi connectivity index (χ3v) is 7.66. The van der Waals surface area contributed by atoms with Gasteiger partial charge in [-0.15, -0.1) is 11.3 Å². The number of aromatic nitrogens is 2. The number of carbonyl (C=O) groups is 1. The SMILES string of the molecule is CNc1ccc(-c2ncc(-c3ccc(CNC(=O)Cc4ccncc4)cc3SNC(C)(C)C)s2)cc1. The molecule has 0 fully saturated rings. The van der Waals surface area contributed by atoms with Gasteiger partial charge in [0.1, 0.15) is 5.01 Å². The summed E-state index contributed by atoms with van der Waals surface area (Å²) in [5.74, 6) is -0.0105. The Morgan fingerprint density at radius 2 is 1.75 bits per heavy atom. The molecule has 186 valence electrons. The van der Waals surface area contributed by atoms with Gasteiger partial charge in [-0.25, -0.2) is 4.98 Å². The first kappa shape index (κ1) is 25.9. The zero-order valence-electron chi connectivity index (χ0n) is 21.0. The highest BCUT2D eigenvalue weighted by atomic mass is 32.2. The topological polar surface area (TPSA) is 78.9 Å². The second-order valence-electron chi connectivity index (χ2n) is 9.45. The Kier molecular flexibility index (Phi) is 8.40. The van der Waals surface area contributed by atoms with Crippen molar-refractivity contribution >= 4 is 34.9 Å². The Bertz CT molecular complexity index is 1300. The maximum atomic E-state index is 12.4. The van der Waals surface area contributed by atoms with Gasteiger partial charge in [0, 0.05) is 59.4 Å². The lowest BCUT2D eigenvalue weighted by Crippen LogP contribution is -2.29. The van der Waals surface area contributed by atoms with Crippen LogP contribution in [0.15, 0.2) is 78.1 Å². The van der Waals surface area contributed by atoms with E-state index in [4.69, 9.17) is 4.98 Å². The first-order chi connectivity index (χ1) is 17.3. The number of benzene rings is 2. The Morgan fingerprint density at radius 1 is 1.00 bits per heavy atom. The Hall–Kier alpha value is -3.20. The van der Waals surface area contributed by atoms with Crippen LogP contribution in [0.2, 0.25) is 0 Å². The van der Waals surface area contributed by atoms with Crippen LogP contribution < -0.4 is 15.4 Å². The quantitative estimate of drug-likeness (QED) is 0.231. The minimum absolute atomic E-state index is 0.0105. The summed E-state index contributed by atoms with van der Waals surface area (Å²) in [6.07, 6.45) is 5.69. The molecule has 4 rings (SSSR count). The molecule has 6 nitrogen and oxygen atoms in total. The van der Waals surface area contributed by atoms with Crippen molar-refractivity contribution in [3.63, 3.8) is 0 Å². The fourth-order valence-corrected chi connectivity index (χ4v) is 5.37. The molecule has 2 heterocycles. The highest BCUT2D eigenvalue weighted by molar-refractivity contribution is 7.97. The number of anilines is 1. The van der Waals surface area contributed by atoms with E-state index in [0.717, 1.165) is 42.7 Å². The maximum absolute atomic E-state index is 12.4. The Balaban J connectivity index is 1.52. The number of hydrogen-bond donors (Lipinski definition) is 3. The second kappa shape index (κ2) is 11.7. The van der Waals surface area contributed by atoms with Gasteiger partial charge in [-0.3, -0.25) is 14.5 Å². The standard InChI is InChI=1S/C28H31N5OS2/c1-28(2,3)33-36-24-15-20(17-31-26(34)16-19-11-13-30-14-12-19)5-10-23(24)25-18-32-27(35-25)21-6-8-22(29-4)9-7-21/h5-15,18,29,33H,16-17H2,1-4H3,(H,31,34). The summed E-state index contributed by atoms with van der Waals surface area (Å²) in [7, 11) is 1.91. The predicted molar refractivity (Wildman–Crippen MR) is 151 cm³/mol. The van der Waals surface area contributed by atoms with Crippen molar-refractivity contribution in [2.24, 2.45) is 0 Å². The first-order valence-electron chi connectivity index (χ1n) is 11.8. The molecule has 0 saturated heterocycles. The van der Waals surface area contributed by atoms with Crippen molar-refractivity contribution in [2.75, 3.05) is 12.4 Å². The molecule has 2 aromatic carbocycles. The van der Waals surface area contributed by atoms with Gasteiger partial charge in [-0.1, -0.05) is 12.1 Å². The van der Waals surface area contributed by atoms with E-state index in [1.165, 1.54) is 0 Å². The van der Waals surface area contributed by atoms with Gasteiger partial charge >= 0.3 is 0 Å². The number of nitrogens with one attached hydrogen (secondary N) is 3. The molecular formula is C28H31N5OS2. The summed E-state index contributed by atoms with van der Waals surface area (Å²) in [6, 6.07) is 18.4. The average Bonchev–Trinajstić information content (AvgIpc) is 3.36. The number of carbonyl (C=O) groups excluding carboxylic acids is 1. The van der Waals surface area contributed by atoms with Crippen molar-refractivity contribution in [1.82, 2.24) is 20.0 Å². The smallest absolute Gasteiger partial charge is 0.224 e. The van der Waals surface area contributed by atoms with Crippen LogP contribution in [0.25, 0.3) is 21.0 Å². The van der Waals surface area contributed by atoms with E-state index in [-0.39, 0.29) is 11.4 Å². The van der Waals surface area contributed by atoms with Crippen LogP contribution in [0.4, 0.5) is 5.69 Å². The van der Waals surface area contributed by atoms with Gasteiger partial charge in [0.15, 0.2) is 0 Å². The Labute approximate surface area is 221 Å². The molecule has 1 amide bonds. The van der Waals surface area contributed by atoms with E-state index in [1.807, 2.05) is 25.4 Å². The van der Waals surface area contributed by atoms with Crippen molar-refractivity contribution in [2.45, 2.75) is 44.2 Å². The molecule has 4 aromatic rings. The molecule has 0 saturated carbocycles. The van der Waals surface area contributed by atoms with Crippen LogP contribution in [-0.4, -0.2) is 28.5 Å². The summed E-state index contributed by atoms with van der Waals surface area (Å²) in [5.41, 5.74) is 5.24. The molecule has 0 spiro atoms. The fourth-order valence-electron chi connectivity index (χ4n) is 3.43. The molecule has 3 N–H and O–H groups in total. The molecule has 0 aliphatic rings.